The lowest BCUT2D eigenvalue weighted by atomic mass is 10.0. The molecule has 102 valence electrons. The molecule has 0 bridgehead atoms. The Morgan fingerprint density at radius 3 is 2.67 bits per heavy atom. The Morgan fingerprint density at radius 2 is 2.11 bits per heavy atom. The minimum absolute atomic E-state index is 0.374. The van der Waals surface area contributed by atoms with Gasteiger partial charge in [-0.2, -0.15) is 0 Å². The number of hydrogen-bond acceptors (Lipinski definition) is 3. The lowest BCUT2D eigenvalue weighted by Gasteiger charge is -2.31. The zero-order valence-corrected chi connectivity index (χ0v) is 12.1. The van der Waals surface area contributed by atoms with Crippen molar-refractivity contribution in [3.63, 3.8) is 0 Å². The predicted molar refractivity (Wildman–Crippen MR) is 78.3 cm³/mol. The number of nitrogens with zero attached hydrogens (tertiary/aromatic N) is 1. The lowest BCUT2D eigenvalue weighted by molar-refractivity contribution is 0.182. The predicted octanol–water partition coefficient (Wildman–Crippen LogP) is 2.36. The van der Waals surface area contributed by atoms with Crippen molar-refractivity contribution >= 4 is 5.69 Å². The molecule has 0 aliphatic rings. The fraction of sp³-hybridized carbons (Fsp3) is 0.600. The quantitative estimate of drug-likeness (QED) is 0.807. The van der Waals surface area contributed by atoms with Crippen molar-refractivity contribution in [3.8, 4) is 0 Å². The Morgan fingerprint density at radius 1 is 1.39 bits per heavy atom. The summed E-state index contributed by atoms with van der Waals surface area (Å²) in [4.78, 5) is 2.38. The number of hydrogen-bond donors (Lipinski definition) is 1. The van der Waals surface area contributed by atoms with Crippen molar-refractivity contribution in [2.75, 3.05) is 31.7 Å². The van der Waals surface area contributed by atoms with Gasteiger partial charge in [-0.25, -0.2) is 0 Å². The summed E-state index contributed by atoms with van der Waals surface area (Å²) in [6.07, 6.45) is 0.924. The Balaban J connectivity index is 3.03. The molecule has 0 aliphatic carbocycles. The van der Waals surface area contributed by atoms with Crippen molar-refractivity contribution in [1.82, 2.24) is 0 Å². The molecule has 1 rings (SSSR count). The van der Waals surface area contributed by atoms with Gasteiger partial charge in [-0.05, 0) is 45.4 Å². The molecule has 1 unspecified atom stereocenters. The Labute approximate surface area is 111 Å². The van der Waals surface area contributed by atoms with Crippen molar-refractivity contribution in [1.29, 1.82) is 0 Å². The fourth-order valence-electron chi connectivity index (χ4n) is 2.40. The summed E-state index contributed by atoms with van der Waals surface area (Å²) in [6.45, 7) is 8.90. The summed E-state index contributed by atoms with van der Waals surface area (Å²) in [5, 5.41) is 0. The van der Waals surface area contributed by atoms with Crippen molar-refractivity contribution < 1.29 is 4.74 Å². The average Bonchev–Trinajstić information content (AvgIpc) is 2.33. The van der Waals surface area contributed by atoms with Gasteiger partial charge in [0.15, 0.2) is 0 Å². The first-order chi connectivity index (χ1) is 8.63. The van der Waals surface area contributed by atoms with E-state index < -0.39 is 0 Å². The van der Waals surface area contributed by atoms with E-state index in [1.807, 2.05) is 0 Å². The third kappa shape index (κ3) is 3.72. The van der Waals surface area contributed by atoms with Gasteiger partial charge in [0.25, 0.3) is 0 Å². The van der Waals surface area contributed by atoms with E-state index in [-0.39, 0.29) is 0 Å². The van der Waals surface area contributed by atoms with Crippen LogP contribution in [-0.4, -0.2) is 32.8 Å². The number of rotatable bonds is 7. The van der Waals surface area contributed by atoms with Crippen LogP contribution < -0.4 is 10.6 Å². The number of likely N-dealkylation sites (N-methyl/N-ethyl adjacent to an activating group) is 1. The Kier molecular flexibility index (Phi) is 6.16. The second-order valence-electron chi connectivity index (χ2n) is 4.76. The van der Waals surface area contributed by atoms with Crippen LogP contribution in [-0.2, 0) is 11.2 Å². The molecule has 0 fully saturated rings. The molecule has 18 heavy (non-hydrogen) atoms. The van der Waals surface area contributed by atoms with Gasteiger partial charge in [0.05, 0.1) is 6.61 Å². The maximum atomic E-state index is 5.71. The standard InChI is InChI=1S/C15H26N2O/c1-5-17(13(3)11-18-4)15-7-6-12(2)10-14(15)8-9-16/h6-7,10,13H,5,8-9,11,16H2,1-4H3. The van der Waals surface area contributed by atoms with Gasteiger partial charge in [0, 0.05) is 25.4 Å². The molecule has 0 heterocycles. The van der Waals surface area contributed by atoms with Crippen LogP contribution in [0.1, 0.15) is 25.0 Å². The van der Waals surface area contributed by atoms with Crippen molar-refractivity contribution in [2.45, 2.75) is 33.2 Å². The molecule has 0 radical (unpaired) electrons. The van der Waals surface area contributed by atoms with E-state index in [9.17, 15) is 0 Å². The van der Waals surface area contributed by atoms with E-state index in [0.29, 0.717) is 12.6 Å². The summed E-state index contributed by atoms with van der Waals surface area (Å²) in [7, 11) is 1.75. The summed E-state index contributed by atoms with van der Waals surface area (Å²) < 4.78 is 5.27. The van der Waals surface area contributed by atoms with Gasteiger partial charge < -0.3 is 15.4 Å². The molecule has 1 atom stereocenters. The summed E-state index contributed by atoms with van der Waals surface area (Å²) in [6, 6.07) is 6.98. The van der Waals surface area contributed by atoms with Gasteiger partial charge in [0.2, 0.25) is 0 Å². The van der Waals surface area contributed by atoms with Gasteiger partial charge in [-0.15, -0.1) is 0 Å². The molecule has 3 nitrogen and oxygen atoms in total. The van der Waals surface area contributed by atoms with Gasteiger partial charge in [0.1, 0.15) is 0 Å². The molecule has 0 amide bonds. The minimum Gasteiger partial charge on any atom is -0.383 e. The first-order valence-corrected chi connectivity index (χ1v) is 6.69. The zero-order valence-electron chi connectivity index (χ0n) is 12.1. The summed E-state index contributed by atoms with van der Waals surface area (Å²) in [5.41, 5.74) is 9.63. The number of nitrogens with two attached hydrogens (primary N) is 1. The molecule has 3 heteroatoms. The van der Waals surface area contributed by atoms with E-state index in [1.165, 1.54) is 16.8 Å². The highest BCUT2D eigenvalue weighted by Gasteiger charge is 2.15. The molecule has 0 aliphatic heterocycles. The molecular formula is C15H26N2O. The molecule has 2 N–H and O–H groups in total. The average molecular weight is 250 g/mol. The minimum atomic E-state index is 0.374. The van der Waals surface area contributed by atoms with E-state index in [2.05, 4.69) is 43.9 Å². The third-order valence-corrected chi connectivity index (χ3v) is 3.24. The number of methoxy groups -OCH3 is 1. The highest BCUT2D eigenvalue weighted by molar-refractivity contribution is 5.55. The maximum absolute atomic E-state index is 5.71. The fourth-order valence-corrected chi connectivity index (χ4v) is 2.40. The molecule has 1 aromatic carbocycles. The smallest absolute Gasteiger partial charge is 0.0663 e. The van der Waals surface area contributed by atoms with Crippen LogP contribution in [0.15, 0.2) is 18.2 Å². The third-order valence-electron chi connectivity index (χ3n) is 3.24. The van der Waals surface area contributed by atoms with E-state index >= 15 is 0 Å². The molecule has 0 saturated heterocycles. The van der Waals surface area contributed by atoms with Crippen LogP contribution in [0, 0.1) is 6.92 Å². The second kappa shape index (κ2) is 7.39. The Hall–Kier alpha value is -1.06. The van der Waals surface area contributed by atoms with Crippen molar-refractivity contribution in [2.24, 2.45) is 5.73 Å². The first kappa shape index (κ1) is 15.0. The van der Waals surface area contributed by atoms with Crippen LogP contribution in [0.2, 0.25) is 0 Å². The van der Waals surface area contributed by atoms with E-state index in [1.54, 1.807) is 7.11 Å². The lowest BCUT2D eigenvalue weighted by Crippen LogP contribution is -2.36. The molecule has 0 spiro atoms. The maximum Gasteiger partial charge on any atom is 0.0663 e. The first-order valence-electron chi connectivity index (χ1n) is 6.69. The monoisotopic (exact) mass is 250 g/mol. The van der Waals surface area contributed by atoms with Crippen LogP contribution >= 0.6 is 0 Å². The molecular weight excluding hydrogens is 224 g/mol. The Bertz CT molecular complexity index is 366. The number of aryl methyl sites for hydroxylation is 1. The summed E-state index contributed by atoms with van der Waals surface area (Å²) >= 11 is 0. The van der Waals surface area contributed by atoms with Gasteiger partial charge in [-0.1, -0.05) is 17.7 Å². The van der Waals surface area contributed by atoms with E-state index in [0.717, 1.165) is 19.6 Å². The summed E-state index contributed by atoms with van der Waals surface area (Å²) in [5.74, 6) is 0. The number of benzene rings is 1. The van der Waals surface area contributed by atoms with Crippen LogP contribution in [0.5, 0.6) is 0 Å². The number of anilines is 1. The largest absolute Gasteiger partial charge is 0.383 e. The zero-order chi connectivity index (χ0) is 13.5. The molecule has 0 saturated carbocycles. The molecule has 1 aromatic rings. The van der Waals surface area contributed by atoms with Gasteiger partial charge in [-0.3, -0.25) is 0 Å². The van der Waals surface area contributed by atoms with Crippen LogP contribution in [0.4, 0.5) is 5.69 Å². The van der Waals surface area contributed by atoms with E-state index in [4.69, 9.17) is 10.5 Å². The molecule has 0 aromatic heterocycles. The number of ether oxygens (including phenoxy) is 1. The highest BCUT2D eigenvalue weighted by Crippen LogP contribution is 2.24. The van der Waals surface area contributed by atoms with Crippen molar-refractivity contribution in [3.05, 3.63) is 29.3 Å². The van der Waals surface area contributed by atoms with Gasteiger partial charge >= 0.3 is 0 Å². The SMILES string of the molecule is CCN(c1ccc(C)cc1CCN)C(C)COC. The second-order valence-corrected chi connectivity index (χ2v) is 4.76. The van der Waals surface area contributed by atoms with Crippen LogP contribution in [0.3, 0.4) is 0 Å². The normalized spacial score (nSPS) is 12.5. The highest BCUT2D eigenvalue weighted by atomic mass is 16.5. The topological polar surface area (TPSA) is 38.5 Å². The van der Waals surface area contributed by atoms with Crippen LogP contribution in [0.25, 0.3) is 0 Å².